The fourth-order valence-electron chi connectivity index (χ4n) is 1.65. The molecule has 1 N–H and O–H groups in total. The monoisotopic (exact) mass is 296 g/mol. The molecule has 0 bridgehead atoms. The molecule has 1 rings (SSSR count). The molecule has 5 nitrogen and oxygen atoms in total. The van der Waals surface area contributed by atoms with Crippen LogP contribution in [0.4, 0.5) is 5.69 Å². The van der Waals surface area contributed by atoms with Crippen LogP contribution in [0.25, 0.3) is 0 Å². The molecule has 110 valence electrons. The van der Waals surface area contributed by atoms with Crippen LogP contribution in [-0.4, -0.2) is 50.3 Å². The van der Waals surface area contributed by atoms with Gasteiger partial charge in [-0.2, -0.15) is 0 Å². The van der Waals surface area contributed by atoms with Crippen LogP contribution in [0.3, 0.4) is 0 Å². The van der Waals surface area contributed by atoms with Crippen molar-refractivity contribution in [3.8, 4) is 0 Å². The van der Waals surface area contributed by atoms with Crippen LogP contribution in [0.5, 0.6) is 0 Å². The van der Waals surface area contributed by atoms with Crippen molar-refractivity contribution in [3.05, 3.63) is 24.3 Å². The summed E-state index contributed by atoms with van der Waals surface area (Å²) in [6.07, 6.45) is 2.25. The van der Waals surface area contributed by atoms with Crippen molar-refractivity contribution >= 4 is 29.3 Å². The molecular formula is C14H20N2O3S. The quantitative estimate of drug-likeness (QED) is 0.614. The van der Waals surface area contributed by atoms with Gasteiger partial charge in [0.25, 0.3) is 0 Å². The number of nitrogens with zero attached hydrogens (tertiary/aromatic N) is 1. The molecule has 0 fully saturated rings. The molecule has 6 heteroatoms. The summed E-state index contributed by atoms with van der Waals surface area (Å²) in [5.41, 5.74) is 0.811. The van der Waals surface area contributed by atoms with Gasteiger partial charge < -0.3 is 10.1 Å². The number of rotatable bonds is 7. The molecule has 0 atom stereocenters. The first kappa shape index (κ1) is 16.5. The number of anilines is 1. The van der Waals surface area contributed by atoms with Gasteiger partial charge in [0.2, 0.25) is 5.91 Å². The highest BCUT2D eigenvalue weighted by molar-refractivity contribution is 7.98. The Labute approximate surface area is 123 Å². The summed E-state index contributed by atoms with van der Waals surface area (Å²) in [6.45, 7) is 0.726. The van der Waals surface area contributed by atoms with E-state index in [0.29, 0.717) is 6.54 Å². The van der Waals surface area contributed by atoms with Gasteiger partial charge in [-0.05, 0) is 25.4 Å². The summed E-state index contributed by atoms with van der Waals surface area (Å²) < 4.78 is 4.56. The molecule has 1 aromatic rings. The number of hydrogen-bond acceptors (Lipinski definition) is 5. The highest BCUT2D eigenvalue weighted by atomic mass is 32.2. The Morgan fingerprint density at radius 3 is 2.70 bits per heavy atom. The lowest BCUT2D eigenvalue weighted by Crippen LogP contribution is -2.32. The van der Waals surface area contributed by atoms with Gasteiger partial charge in [-0.15, -0.1) is 11.8 Å². The minimum Gasteiger partial charge on any atom is -0.469 e. The second-order valence-electron chi connectivity index (χ2n) is 4.31. The average Bonchev–Trinajstić information content (AvgIpc) is 2.45. The van der Waals surface area contributed by atoms with Gasteiger partial charge in [0.15, 0.2) is 0 Å². The zero-order valence-electron chi connectivity index (χ0n) is 12.0. The molecule has 0 saturated carbocycles. The third kappa shape index (κ3) is 5.63. The molecule has 0 aliphatic heterocycles. The molecule has 20 heavy (non-hydrogen) atoms. The van der Waals surface area contributed by atoms with E-state index in [1.54, 1.807) is 23.7 Å². The average molecular weight is 296 g/mol. The van der Waals surface area contributed by atoms with E-state index in [-0.39, 0.29) is 24.8 Å². The van der Waals surface area contributed by atoms with E-state index in [4.69, 9.17) is 0 Å². The summed E-state index contributed by atoms with van der Waals surface area (Å²) >= 11 is 1.58. The first-order chi connectivity index (χ1) is 9.56. The van der Waals surface area contributed by atoms with Crippen LogP contribution < -0.4 is 5.32 Å². The minimum absolute atomic E-state index is 0.0983. The van der Waals surface area contributed by atoms with E-state index in [1.807, 2.05) is 30.5 Å². The van der Waals surface area contributed by atoms with Crippen LogP contribution in [0.2, 0.25) is 0 Å². The lowest BCUT2D eigenvalue weighted by atomic mass is 10.3. The highest BCUT2D eigenvalue weighted by Gasteiger charge is 2.10. The van der Waals surface area contributed by atoms with Crippen LogP contribution in [0, 0.1) is 0 Å². The molecule has 0 radical (unpaired) electrons. The number of carbonyl (C=O) groups is 2. The number of benzene rings is 1. The molecule has 0 saturated heterocycles. The molecule has 1 aromatic carbocycles. The van der Waals surface area contributed by atoms with Gasteiger partial charge in [-0.1, -0.05) is 12.1 Å². The summed E-state index contributed by atoms with van der Waals surface area (Å²) in [4.78, 5) is 25.8. The number of methoxy groups -OCH3 is 1. The Balaban J connectivity index is 2.45. The Morgan fingerprint density at radius 1 is 1.35 bits per heavy atom. The second-order valence-corrected chi connectivity index (χ2v) is 5.16. The van der Waals surface area contributed by atoms with E-state index in [0.717, 1.165) is 10.6 Å². The summed E-state index contributed by atoms with van der Waals surface area (Å²) in [6, 6.07) is 7.65. The van der Waals surface area contributed by atoms with E-state index < -0.39 is 0 Å². The zero-order chi connectivity index (χ0) is 15.0. The van der Waals surface area contributed by atoms with Crippen molar-refractivity contribution < 1.29 is 14.3 Å². The molecule has 0 aromatic heterocycles. The Kier molecular flexibility index (Phi) is 7.11. The minimum atomic E-state index is -0.273. The Bertz CT molecular complexity index is 465. The first-order valence-corrected chi connectivity index (χ1v) is 7.47. The first-order valence-electron chi connectivity index (χ1n) is 6.25. The molecule has 0 heterocycles. The van der Waals surface area contributed by atoms with Gasteiger partial charge in [0.05, 0.1) is 25.8 Å². The van der Waals surface area contributed by atoms with Crippen molar-refractivity contribution in [3.63, 3.8) is 0 Å². The number of para-hydroxylation sites is 1. The van der Waals surface area contributed by atoms with Crippen LogP contribution in [0.15, 0.2) is 29.2 Å². The summed E-state index contributed by atoms with van der Waals surface area (Å²) in [5, 5.41) is 2.88. The zero-order valence-corrected chi connectivity index (χ0v) is 12.8. The second kappa shape index (κ2) is 8.60. The van der Waals surface area contributed by atoms with Crippen LogP contribution in [-0.2, 0) is 14.3 Å². The van der Waals surface area contributed by atoms with Gasteiger partial charge >= 0.3 is 5.97 Å². The maximum Gasteiger partial charge on any atom is 0.306 e. The van der Waals surface area contributed by atoms with E-state index in [1.165, 1.54) is 7.11 Å². The standard InChI is InChI=1S/C14H20N2O3S/c1-16(9-8-14(18)19-2)10-13(17)15-11-6-4-5-7-12(11)20-3/h4-7H,8-10H2,1-3H3,(H,15,17). The number of ether oxygens (including phenoxy) is 1. The molecule has 0 unspecified atom stereocenters. The molecular weight excluding hydrogens is 276 g/mol. The van der Waals surface area contributed by atoms with Crippen molar-refractivity contribution in [2.75, 3.05) is 38.8 Å². The van der Waals surface area contributed by atoms with Crippen molar-refractivity contribution in [1.82, 2.24) is 4.90 Å². The maximum atomic E-state index is 11.9. The predicted molar refractivity (Wildman–Crippen MR) is 81.0 cm³/mol. The van der Waals surface area contributed by atoms with Gasteiger partial charge in [0.1, 0.15) is 0 Å². The van der Waals surface area contributed by atoms with Crippen molar-refractivity contribution in [2.24, 2.45) is 0 Å². The number of nitrogens with one attached hydrogen (secondary N) is 1. The highest BCUT2D eigenvalue weighted by Crippen LogP contribution is 2.24. The number of hydrogen-bond donors (Lipinski definition) is 1. The predicted octanol–water partition coefficient (Wildman–Crippen LogP) is 1.84. The molecule has 0 aliphatic rings. The third-order valence-corrected chi connectivity index (χ3v) is 3.52. The van der Waals surface area contributed by atoms with Crippen LogP contribution in [0.1, 0.15) is 6.42 Å². The summed E-state index contributed by atoms with van der Waals surface area (Å²) in [7, 11) is 3.15. The Hall–Kier alpha value is -1.53. The number of likely N-dealkylation sites (N-methyl/N-ethyl adjacent to an activating group) is 1. The lowest BCUT2D eigenvalue weighted by Gasteiger charge is -2.16. The normalized spacial score (nSPS) is 10.4. The fraction of sp³-hybridized carbons (Fsp3) is 0.429. The van der Waals surface area contributed by atoms with Crippen LogP contribution >= 0.6 is 11.8 Å². The number of esters is 1. The third-order valence-electron chi connectivity index (χ3n) is 2.72. The smallest absolute Gasteiger partial charge is 0.306 e. The SMILES string of the molecule is COC(=O)CCN(C)CC(=O)Nc1ccccc1SC. The van der Waals surface area contributed by atoms with E-state index in [2.05, 4.69) is 10.1 Å². The number of thioether (sulfide) groups is 1. The van der Waals surface area contributed by atoms with Crippen molar-refractivity contribution in [1.29, 1.82) is 0 Å². The van der Waals surface area contributed by atoms with Gasteiger partial charge in [-0.3, -0.25) is 14.5 Å². The number of carbonyl (C=O) groups excluding carboxylic acids is 2. The molecule has 1 amide bonds. The van der Waals surface area contributed by atoms with E-state index in [9.17, 15) is 9.59 Å². The fourth-order valence-corrected chi connectivity index (χ4v) is 2.20. The topological polar surface area (TPSA) is 58.6 Å². The Morgan fingerprint density at radius 2 is 2.05 bits per heavy atom. The van der Waals surface area contributed by atoms with Gasteiger partial charge in [0, 0.05) is 11.4 Å². The van der Waals surface area contributed by atoms with E-state index >= 15 is 0 Å². The maximum absolute atomic E-state index is 11.9. The largest absolute Gasteiger partial charge is 0.469 e. The molecule has 0 aliphatic carbocycles. The summed E-state index contributed by atoms with van der Waals surface area (Å²) in [5.74, 6) is -0.371. The van der Waals surface area contributed by atoms with Gasteiger partial charge in [-0.25, -0.2) is 0 Å². The van der Waals surface area contributed by atoms with Crippen molar-refractivity contribution in [2.45, 2.75) is 11.3 Å². The lowest BCUT2D eigenvalue weighted by molar-refractivity contribution is -0.141. The molecule has 0 spiro atoms. The number of amides is 1.